The average Bonchev–Trinajstić information content (AvgIpc) is 2.30. The monoisotopic (exact) mass is 265 g/mol. The molecule has 0 aromatic heterocycles. The molecule has 0 unspecified atom stereocenters. The van der Waals surface area contributed by atoms with E-state index in [4.69, 9.17) is 10.5 Å². The third-order valence-electron chi connectivity index (χ3n) is 2.42. The van der Waals surface area contributed by atoms with Gasteiger partial charge in [0.1, 0.15) is 11.5 Å². The van der Waals surface area contributed by atoms with Gasteiger partial charge in [0.15, 0.2) is 0 Å². The summed E-state index contributed by atoms with van der Waals surface area (Å²) in [5.41, 5.74) is 5.30. The molecule has 1 radical (unpaired) electrons. The Morgan fingerprint density at radius 2 is 2.21 bits per heavy atom. The number of methoxy groups -OCH3 is 1. The van der Waals surface area contributed by atoms with Crippen LogP contribution in [0.15, 0.2) is 18.2 Å². The Labute approximate surface area is 111 Å². The summed E-state index contributed by atoms with van der Waals surface area (Å²) in [6, 6.07) is 4.53. The molecular weight excluding hydrogens is 248 g/mol. The first-order valence-corrected chi connectivity index (χ1v) is 5.73. The fourth-order valence-electron chi connectivity index (χ4n) is 1.55. The predicted octanol–water partition coefficient (Wildman–Crippen LogP) is 1.06. The summed E-state index contributed by atoms with van der Waals surface area (Å²) in [6.45, 7) is 1.71. The molecule has 0 bridgehead atoms. The lowest BCUT2D eigenvalue weighted by Gasteiger charge is -2.11. The molecule has 0 aliphatic carbocycles. The number of hydrogen-bond donors (Lipinski definition) is 3. The second-order valence-electron chi connectivity index (χ2n) is 4.19. The maximum atomic E-state index is 11.6. The number of primary amides is 1. The molecule has 4 N–H and O–H groups in total. The Morgan fingerprint density at radius 1 is 1.53 bits per heavy atom. The van der Waals surface area contributed by atoms with Crippen molar-refractivity contribution < 1.29 is 19.4 Å². The van der Waals surface area contributed by atoms with E-state index in [0.29, 0.717) is 5.75 Å². The van der Waals surface area contributed by atoms with Crippen molar-refractivity contribution in [3.63, 3.8) is 0 Å². The van der Waals surface area contributed by atoms with Crippen LogP contribution >= 0.6 is 0 Å². The number of phenols is 1. The molecule has 0 saturated carbocycles. The third-order valence-corrected chi connectivity index (χ3v) is 2.42. The van der Waals surface area contributed by atoms with Crippen molar-refractivity contribution in [3.05, 3.63) is 24.6 Å². The minimum Gasteiger partial charge on any atom is -0.506 e. The first kappa shape index (κ1) is 14.8. The molecule has 6 heteroatoms. The van der Waals surface area contributed by atoms with Gasteiger partial charge in [-0.2, -0.15) is 0 Å². The fraction of sp³-hybridized carbons (Fsp3) is 0.308. The lowest BCUT2D eigenvalue weighted by molar-refractivity contribution is -0.118. The van der Waals surface area contributed by atoms with Gasteiger partial charge >= 0.3 is 0 Å². The number of rotatable bonds is 6. The molecule has 0 spiro atoms. The van der Waals surface area contributed by atoms with E-state index in [1.54, 1.807) is 13.0 Å². The van der Waals surface area contributed by atoms with E-state index in [2.05, 4.69) is 5.32 Å². The topological polar surface area (TPSA) is 102 Å². The molecule has 2 amide bonds. The van der Waals surface area contributed by atoms with Crippen LogP contribution in [0.5, 0.6) is 11.5 Å². The number of hydrogen-bond acceptors (Lipinski definition) is 4. The zero-order chi connectivity index (χ0) is 14.4. The van der Waals surface area contributed by atoms with Crippen LogP contribution in [0.4, 0.5) is 5.69 Å². The first-order chi connectivity index (χ1) is 8.92. The van der Waals surface area contributed by atoms with Crippen LogP contribution < -0.4 is 15.8 Å². The highest BCUT2D eigenvalue weighted by molar-refractivity contribution is 5.98. The Kier molecular flexibility index (Phi) is 5.17. The summed E-state index contributed by atoms with van der Waals surface area (Å²) >= 11 is 0. The molecule has 1 aromatic rings. The lowest BCUT2D eigenvalue weighted by Crippen LogP contribution is -2.20. The number of carbonyl (C=O) groups is 2. The molecule has 1 atom stereocenters. The maximum absolute atomic E-state index is 11.6. The Balaban J connectivity index is 2.59. The second kappa shape index (κ2) is 6.63. The zero-order valence-corrected chi connectivity index (χ0v) is 10.8. The van der Waals surface area contributed by atoms with E-state index >= 15 is 0 Å². The van der Waals surface area contributed by atoms with Gasteiger partial charge in [-0.25, -0.2) is 0 Å². The predicted molar refractivity (Wildman–Crippen MR) is 70.6 cm³/mol. The summed E-state index contributed by atoms with van der Waals surface area (Å²) in [5, 5.41) is 12.2. The van der Waals surface area contributed by atoms with Gasteiger partial charge in [0.2, 0.25) is 11.8 Å². The smallest absolute Gasteiger partial charge is 0.228 e. The van der Waals surface area contributed by atoms with Gasteiger partial charge in [-0.1, -0.05) is 6.92 Å². The molecule has 103 valence electrons. The standard InChI is InChI=1S/C13H17N2O4/c1-8(5-12(14)17)6-13(18)15-10-4-3-9(19-2)7-11(10)16/h3-4,6-8,16H,5H2,1-2H3,(H2,14,17)(H,15,18)/t8-/m1/s1. The quantitative estimate of drug-likeness (QED) is 0.669. The first-order valence-electron chi connectivity index (χ1n) is 5.73. The number of nitrogens with two attached hydrogens (primary N) is 1. The van der Waals surface area contributed by atoms with Crippen LogP contribution in [0, 0.1) is 12.3 Å². The van der Waals surface area contributed by atoms with Gasteiger partial charge in [-0.3, -0.25) is 9.59 Å². The highest BCUT2D eigenvalue weighted by Crippen LogP contribution is 2.28. The van der Waals surface area contributed by atoms with E-state index in [1.165, 1.54) is 25.7 Å². The number of anilines is 1. The molecular formula is C13H17N2O4. The van der Waals surface area contributed by atoms with Crippen LogP contribution in [-0.4, -0.2) is 24.0 Å². The van der Waals surface area contributed by atoms with E-state index in [1.807, 2.05) is 0 Å². The molecule has 1 aromatic carbocycles. The van der Waals surface area contributed by atoms with Crippen LogP contribution in [0.1, 0.15) is 13.3 Å². The molecule has 19 heavy (non-hydrogen) atoms. The fourth-order valence-corrected chi connectivity index (χ4v) is 1.55. The minimum atomic E-state index is -0.469. The third kappa shape index (κ3) is 4.87. The molecule has 1 rings (SSSR count). The van der Waals surface area contributed by atoms with E-state index in [0.717, 1.165) is 0 Å². The second-order valence-corrected chi connectivity index (χ2v) is 4.19. The highest BCUT2D eigenvalue weighted by atomic mass is 16.5. The van der Waals surface area contributed by atoms with E-state index in [9.17, 15) is 14.7 Å². The van der Waals surface area contributed by atoms with E-state index in [-0.39, 0.29) is 23.8 Å². The van der Waals surface area contributed by atoms with Gasteiger partial charge in [0.25, 0.3) is 0 Å². The van der Waals surface area contributed by atoms with Crippen LogP contribution in [0.3, 0.4) is 0 Å². The van der Waals surface area contributed by atoms with Crippen molar-refractivity contribution in [3.8, 4) is 11.5 Å². The van der Waals surface area contributed by atoms with Gasteiger partial charge in [0, 0.05) is 12.5 Å². The zero-order valence-electron chi connectivity index (χ0n) is 10.8. The number of phenolic OH excluding ortho intramolecular Hbond substituents is 1. The van der Waals surface area contributed by atoms with Crippen LogP contribution in [0.2, 0.25) is 0 Å². The molecule has 0 aliphatic rings. The Bertz CT molecular complexity index is 474. The van der Waals surface area contributed by atoms with Crippen LogP contribution in [-0.2, 0) is 9.59 Å². The SMILES string of the molecule is COc1ccc(NC(=O)[CH][C@H](C)CC(N)=O)c(O)c1. The number of amides is 2. The summed E-state index contributed by atoms with van der Waals surface area (Å²) in [6.07, 6.45) is 1.44. The van der Waals surface area contributed by atoms with Gasteiger partial charge < -0.3 is 20.9 Å². The lowest BCUT2D eigenvalue weighted by atomic mass is 10.0. The average molecular weight is 265 g/mol. The van der Waals surface area contributed by atoms with Crippen molar-refractivity contribution in [2.45, 2.75) is 13.3 Å². The van der Waals surface area contributed by atoms with Crippen molar-refractivity contribution in [2.24, 2.45) is 11.7 Å². The van der Waals surface area contributed by atoms with Gasteiger partial charge in [-0.15, -0.1) is 0 Å². The molecule has 0 heterocycles. The Hall–Kier alpha value is -2.24. The highest BCUT2D eigenvalue weighted by Gasteiger charge is 2.13. The molecule has 0 saturated heterocycles. The summed E-state index contributed by atoms with van der Waals surface area (Å²) in [4.78, 5) is 22.3. The van der Waals surface area contributed by atoms with Crippen molar-refractivity contribution in [1.29, 1.82) is 0 Å². The van der Waals surface area contributed by atoms with E-state index < -0.39 is 11.8 Å². The number of aromatic hydroxyl groups is 1. The van der Waals surface area contributed by atoms with Crippen LogP contribution in [0.25, 0.3) is 0 Å². The largest absolute Gasteiger partial charge is 0.506 e. The summed E-state index contributed by atoms with van der Waals surface area (Å²) in [7, 11) is 1.48. The molecule has 0 aliphatic heterocycles. The van der Waals surface area contributed by atoms with Gasteiger partial charge in [0.05, 0.1) is 19.2 Å². The number of nitrogens with one attached hydrogen (secondary N) is 1. The number of carbonyl (C=O) groups excluding carboxylic acids is 2. The normalized spacial score (nSPS) is 11.7. The summed E-state index contributed by atoms with van der Waals surface area (Å²) in [5.74, 6) is -0.749. The van der Waals surface area contributed by atoms with Crippen molar-refractivity contribution in [2.75, 3.05) is 12.4 Å². The van der Waals surface area contributed by atoms with Crippen molar-refractivity contribution >= 4 is 17.5 Å². The molecule has 6 nitrogen and oxygen atoms in total. The Morgan fingerprint density at radius 3 is 2.74 bits per heavy atom. The minimum absolute atomic E-state index is 0.0938. The maximum Gasteiger partial charge on any atom is 0.228 e. The number of ether oxygens (including phenoxy) is 1. The number of benzene rings is 1. The van der Waals surface area contributed by atoms with Gasteiger partial charge in [-0.05, 0) is 18.1 Å². The summed E-state index contributed by atoms with van der Waals surface area (Å²) < 4.78 is 4.93. The molecule has 0 fully saturated rings. The van der Waals surface area contributed by atoms with Crippen molar-refractivity contribution in [1.82, 2.24) is 0 Å².